The number of sulfonamides is 1. The van der Waals surface area contributed by atoms with Crippen LogP contribution in [0.5, 0.6) is 0 Å². The highest BCUT2D eigenvalue weighted by Crippen LogP contribution is 2.24. The summed E-state index contributed by atoms with van der Waals surface area (Å²) in [5, 5.41) is 11.2. The van der Waals surface area contributed by atoms with E-state index in [4.69, 9.17) is 0 Å². The van der Waals surface area contributed by atoms with Crippen LogP contribution in [0, 0.1) is 5.82 Å². The number of pyridine rings is 1. The van der Waals surface area contributed by atoms with Crippen LogP contribution in [-0.2, 0) is 14.8 Å². The van der Waals surface area contributed by atoms with Crippen molar-refractivity contribution < 1.29 is 17.6 Å². The lowest BCUT2D eigenvalue weighted by molar-refractivity contribution is -0.117. The van der Waals surface area contributed by atoms with E-state index < -0.39 is 32.7 Å². The fourth-order valence-electron chi connectivity index (χ4n) is 2.45. The molecule has 30 heavy (non-hydrogen) atoms. The first-order valence-electron chi connectivity index (χ1n) is 8.72. The number of halogens is 1. The van der Waals surface area contributed by atoms with Gasteiger partial charge in [0.25, 0.3) is 0 Å². The average molecular weight is 468 g/mol. The van der Waals surface area contributed by atoms with Gasteiger partial charge in [0, 0.05) is 6.20 Å². The molecule has 0 aliphatic heterocycles. The van der Waals surface area contributed by atoms with Crippen LogP contribution in [0.15, 0.2) is 53.6 Å². The van der Waals surface area contributed by atoms with E-state index in [1.54, 1.807) is 24.4 Å². The quantitative estimate of drug-likeness (QED) is 0.497. The number of anilines is 1. The third-order valence-electron chi connectivity index (χ3n) is 3.89. The summed E-state index contributed by atoms with van der Waals surface area (Å²) in [6.45, 7) is 0. The van der Waals surface area contributed by atoms with Gasteiger partial charge in [0.15, 0.2) is 5.01 Å². The van der Waals surface area contributed by atoms with Gasteiger partial charge in [-0.2, -0.15) is 16.5 Å². The van der Waals surface area contributed by atoms with Crippen LogP contribution in [0.25, 0.3) is 10.7 Å². The third-order valence-corrected chi connectivity index (χ3v) is 6.90. The maximum absolute atomic E-state index is 14.0. The second-order valence-electron chi connectivity index (χ2n) is 6.00. The Morgan fingerprint density at radius 2 is 1.97 bits per heavy atom. The van der Waals surface area contributed by atoms with E-state index in [0.717, 1.165) is 23.5 Å². The summed E-state index contributed by atoms with van der Waals surface area (Å²) < 4.78 is 41.5. The minimum Gasteiger partial charge on any atom is -0.299 e. The van der Waals surface area contributed by atoms with E-state index >= 15 is 0 Å². The summed E-state index contributed by atoms with van der Waals surface area (Å²) in [6, 6.07) is 9.22. The molecule has 0 saturated heterocycles. The molecule has 2 aromatic heterocycles. The number of nitrogens with zero attached hydrogens (tertiary/aromatic N) is 3. The molecule has 2 heterocycles. The second kappa shape index (κ2) is 10.1. The number of rotatable bonds is 9. The number of thioether (sulfide) groups is 1. The van der Waals surface area contributed by atoms with Gasteiger partial charge in [-0.3, -0.25) is 15.1 Å². The molecule has 0 bridgehead atoms. The average Bonchev–Trinajstić information content (AvgIpc) is 3.20. The Bertz CT molecular complexity index is 1110. The van der Waals surface area contributed by atoms with Crippen molar-refractivity contribution in [1.82, 2.24) is 19.9 Å². The molecule has 0 spiro atoms. The Kier molecular flexibility index (Phi) is 7.48. The Hall–Kier alpha value is -2.41. The molecule has 0 fully saturated rings. The third kappa shape index (κ3) is 5.59. The standard InChI is InChI=1S/C18H18FN5O3S3/c1-28-11-9-13(24-30(26,27)15-8-3-2-6-12(15)19)16(25)21-18-23-22-17(29-18)14-7-4-5-10-20-14/h2-8,10,13,24H,9,11H2,1H3,(H,21,23,25). The van der Waals surface area contributed by atoms with Gasteiger partial charge >= 0.3 is 0 Å². The van der Waals surface area contributed by atoms with Crippen molar-refractivity contribution in [1.29, 1.82) is 0 Å². The Morgan fingerprint density at radius 1 is 1.20 bits per heavy atom. The lowest BCUT2D eigenvalue weighted by Crippen LogP contribution is -2.44. The lowest BCUT2D eigenvalue weighted by Gasteiger charge is -2.17. The summed E-state index contributed by atoms with van der Waals surface area (Å²) in [5.74, 6) is -0.974. The molecular weight excluding hydrogens is 449 g/mol. The van der Waals surface area contributed by atoms with Crippen molar-refractivity contribution in [3.05, 3.63) is 54.5 Å². The second-order valence-corrected chi connectivity index (χ2v) is 9.65. The topological polar surface area (TPSA) is 114 Å². The minimum absolute atomic E-state index is 0.208. The molecule has 158 valence electrons. The van der Waals surface area contributed by atoms with Gasteiger partial charge in [-0.15, -0.1) is 10.2 Å². The number of hydrogen-bond acceptors (Lipinski definition) is 8. The summed E-state index contributed by atoms with van der Waals surface area (Å²) in [5.41, 5.74) is 0.606. The van der Waals surface area contributed by atoms with Crippen molar-refractivity contribution in [3.8, 4) is 10.7 Å². The molecule has 12 heteroatoms. The first kappa shape index (κ1) is 22.3. The van der Waals surface area contributed by atoms with Crippen molar-refractivity contribution in [2.24, 2.45) is 0 Å². The summed E-state index contributed by atoms with van der Waals surface area (Å²) in [6.07, 6.45) is 3.67. The summed E-state index contributed by atoms with van der Waals surface area (Å²) in [7, 11) is -4.23. The molecule has 1 amide bonds. The van der Waals surface area contributed by atoms with Crippen LogP contribution in [0.1, 0.15) is 6.42 Å². The zero-order valence-electron chi connectivity index (χ0n) is 15.8. The van der Waals surface area contributed by atoms with Crippen molar-refractivity contribution >= 4 is 44.2 Å². The van der Waals surface area contributed by atoms with Crippen LogP contribution in [0.3, 0.4) is 0 Å². The zero-order valence-corrected chi connectivity index (χ0v) is 18.2. The largest absolute Gasteiger partial charge is 0.299 e. The maximum atomic E-state index is 14.0. The van der Waals surface area contributed by atoms with E-state index in [-0.39, 0.29) is 11.6 Å². The number of amides is 1. The normalized spacial score (nSPS) is 12.5. The molecule has 8 nitrogen and oxygen atoms in total. The predicted octanol–water partition coefficient (Wildman–Crippen LogP) is 2.78. The van der Waals surface area contributed by atoms with Crippen molar-refractivity contribution in [2.45, 2.75) is 17.4 Å². The monoisotopic (exact) mass is 467 g/mol. The highest BCUT2D eigenvalue weighted by Gasteiger charge is 2.28. The SMILES string of the molecule is CSCCC(NS(=O)(=O)c1ccccc1F)C(=O)Nc1nnc(-c2ccccn2)s1. The molecule has 2 N–H and O–H groups in total. The minimum atomic E-state index is -4.23. The molecule has 0 radical (unpaired) electrons. The lowest BCUT2D eigenvalue weighted by atomic mass is 10.2. The highest BCUT2D eigenvalue weighted by atomic mass is 32.2. The molecule has 0 saturated carbocycles. The number of carbonyl (C=O) groups excluding carboxylic acids is 1. The molecule has 1 unspecified atom stereocenters. The smallest absolute Gasteiger partial charge is 0.244 e. The van der Waals surface area contributed by atoms with E-state index in [1.165, 1.54) is 23.9 Å². The number of nitrogens with one attached hydrogen (secondary N) is 2. The maximum Gasteiger partial charge on any atom is 0.244 e. The number of hydrogen-bond donors (Lipinski definition) is 2. The van der Waals surface area contributed by atoms with Gasteiger partial charge in [-0.1, -0.05) is 29.5 Å². The summed E-state index contributed by atoms with van der Waals surface area (Å²) in [4.78, 5) is 16.4. The van der Waals surface area contributed by atoms with Crippen LogP contribution < -0.4 is 10.0 Å². The van der Waals surface area contributed by atoms with E-state index in [9.17, 15) is 17.6 Å². The van der Waals surface area contributed by atoms with Gasteiger partial charge < -0.3 is 0 Å². The molecule has 1 aromatic carbocycles. The van der Waals surface area contributed by atoms with Gasteiger partial charge in [0.1, 0.15) is 22.4 Å². The molecular formula is C18H18FN5O3S3. The van der Waals surface area contributed by atoms with Crippen molar-refractivity contribution in [3.63, 3.8) is 0 Å². The van der Waals surface area contributed by atoms with Crippen LogP contribution >= 0.6 is 23.1 Å². The van der Waals surface area contributed by atoms with Crippen molar-refractivity contribution in [2.75, 3.05) is 17.3 Å². The van der Waals surface area contributed by atoms with E-state index in [2.05, 4.69) is 25.2 Å². The Labute approximate surface area is 181 Å². The first-order chi connectivity index (χ1) is 14.4. The number of aromatic nitrogens is 3. The van der Waals surface area contributed by atoms with Crippen LogP contribution in [-0.4, -0.2) is 47.6 Å². The van der Waals surface area contributed by atoms with E-state index in [1.807, 2.05) is 6.26 Å². The predicted molar refractivity (Wildman–Crippen MR) is 115 cm³/mol. The number of carbonyl (C=O) groups is 1. The first-order valence-corrected chi connectivity index (χ1v) is 12.4. The van der Waals surface area contributed by atoms with Gasteiger partial charge in [0.2, 0.25) is 21.1 Å². The van der Waals surface area contributed by atoms with E-state index in [0.29, 0.717) is 16.5 Å². The molecule has 0 aliphatic carbocycles. The van der Waals surface area contributed by atoms with Crippen LogP contribution in [0.2, 0.25) is 0 Å². The van der Waals surface area contributed by atoms with Gasteiger partial charge in [-0.05, 0) is 42.7 Å². The Balaban J connectivity index is 1.76. The van der Waals surface area contributed by atoms with Gasteiger partial charge in [-0.25, -0.2) is 12.8 Å². The molecule has 3 aromatic rings. The Morgan fingerprint density at radius 3 is 2.67 bits per heavy atom. The highest BCUT2D eigenvalue weighted by molar-refractivity contribution is 7.98. The molecule has 0 aliphatic rings. The fraction of sp³-hybridized carbons (Fsp3) is 0.222. The molecule has 1 atom stereocenters. The molecule has 3 rings (SSSR count). The van der Waals surface area contributed by atoms with Crippen LogP contribution in [0.4, 0.5) is 9.52 Å². The summed E-state index contributed by atoms with van der Waals surface area (Å²) >= 11 is 2.57. The van der Waals surface area contributed by atoms with Gasteiger partial charge in [0.05, 0.1) is 0 Å². The fourth-order valence-corrected chi connectivity index (χ4v) is 4.96. The number of benzene rings is 1. The zero-order chi connectivity index (χ0) is 21.6.